The lowest BCUT2D eigenvalue weighted by molar-refractivity contribution is -0.135. The van der Waals surface area contributed by atoms with Crippen LogP contribution < -0.4 is 0 Å². The van der Waals surface area contributed by atoms with Crippen LogP contribution in [0.1, 0.15) is 37.6 Å². The van der Waals surface area contributed by atoms with E-state index < -0.39 is 17.5 Å². The number of ketones is 1. The maximum absolute atomic E-state index is 12.5. The molecule has 0 amide bonds. The van der Waals surface area contributed by atoms with Gasteiger partial charge in [0, 0.05) is 5.41 Å². The van der Waals surface area contributed by atoms with E-state index in [1.54, 1.807) is 24.3 Å². The van der Waals surface area contributed by atoms with Crippen LogP contribution in [-0.4, -0.2) is 25.0 Å². The Bertz CT molecular complexity index is 584. The van der Waals surface area contributed by atoms with Gasteiger partial charge in [-0.1, -0.05) is 32.0 Å². The minimum absolute atomic E-state index is 0.268. The van der Waals surface area contributed by atoms with E-state index in [0.717, 1.165) is 5.57 Å². The molecule has 4 heteroatoms. The molecule has 112 valence electrons. The summed E-state index contributed by atoms with van der Waals surface area (Å²) < 4.78 is 10.6. The van der Waals surface area contributed by atoms with Crippen molar-refractivity contribution in [2.24, 2.45) is 5.41 Å². The number of Topliss-reactive ketones (excluding diaryl/α,β-unsaturated/α-hetero) is 1. The molecule has 1 aliphatic rings. The third kappa shape index (κ3) is 2.99. The largest absolute Gasteiger partial charge is 0.493 e. The monoisotopic (exact) mass is 288 g/mol. The lowest BCUT2D eigenvalue weighted by atomic mass is 9.74. The van der Waals surface area contributed by atoms with Crippen LogP contribution in [0.4, 0.5) is 0 Å². The van der Waals surface area contributed by atoms with Gasteiger partial charge in [0.2, 0.25) is 5.78 Å². The predicted octanol–water partition coefficient (Wildman–Crippen LogP) is 3.13. The Morgan fingerprint density at radius 3 is 2.43 bits per heavy atom. The minimum Gasteiger partial charge on any atom is -0.493 e. The van der Waals surface area contributed by atoms with Crippen molar-refractivity contribution in [3.8, 4) is 0 Å². The van der Waals surface area contributed by atoms with Gasteiger partial charge in [0.05, 0.1) is 12.7 Å². The second kappa shape index (κ2) is 5.72. The number of hydrogen-bond acceptors (Lipinski definition) is 4. The number of allylic oxidation sites excluding steroid dienone is 1. The third-order valence-electron chi connectivity index (χ3n) is 3.72. The number of carbonyl (C=O) groups is 2. The molecule has 0 heterocycles. The molecular formula is C17H20O4. The summed E-state index contributed by atoms with van der Waals surface area (Å²) in [6, 6.07) is 8.67. The van der Waals surface area contributed by atoms with Crippen LogP contribution in [0.5, 0.6) is 0 Å². The fraction of sp³-hybridized carbons (Fsp3) is 0.412. The van der Waals surface area contributed by atoms with E-state index in [0.29, 0.717) is 17.7 Å². The van der Waals surface area contributed by atoms with E-state index in [9.17, 15) is 9.59 Å². The Labute approximate surface area is 124 Å². The molecular weight excluding hydrogens is 268 g/mol. The maximum atomic E-state index is 12.5. The summed E-state index contributed by atoms with van der Waals surface area (Å²) in [7, 11) is 1.46. The zero-order chi connectivity index (χ0) is 15.6. The highest BCUT2D eigenvalue weighted by Crippen LogP contribution is 2.39. The smallest absolute Gasteiger partial charge is 0.338 e. The second-order valence-corrected chi connectivity index (χ2v) is 5.99. The fourth-order valence-corrected chi connectivity index (χ4v) is 2.78. The van der Waals surface area contributed by atoms with Crippen LogP contribution >= 0.6 is 0 Å². The quantitative estimate of drug-likeness (QED) is 0.802. The summed E-state index contributed by atoms with van der Waals surface area (Å²) >= 11 is 0. The van der Waals surface area contributed by atoms with Crippen LogP contribution in [0.3, 0.4) is 0 Å². The molecule has 0 N–H and O–H groups in total. The lowest BCUT2D eigenvalue weighted by Gasteiger charge is -2.37. The molecule has 0 spiro atoms. The van der Waals surface area contributed by atoms with Gasteiger partial charge in [0.15, 0.2) is 11.9 Å². The maximum Gasteiger partial charge on any atom is 0.338 e. The van der Waals surface area contributed by atoms with E-state index in [-0.39, 0.29) is 5.78 Å². The average Bonchev–Trinajstić information content (AvgIpc) is 2.44. The van der Waals surface area contributed by atoms with E-state index in [1.165, 1.54) is 7.11 Å². The number of ether oxygens (including phenoxy) is 2. The zero-order valence-electron chi connectivity index (χ0n) is 12.8. The Morgan fingerprint density at radius 1 is 1.24 bits per heavy atom. The van der Waals surface area contributed by atoms with E-state index >= 15 is 0 Å². The van der Waals surface area contributed by atoms with Crippen LogP contribution in [0, 0.1) is 5.41 Å². The molecule has 2 rings (SSSR count). The first-order valence-corrected chi connectivity index (χ1v) is 6.91. The van der Waals surface area contributed by atoms with Crippen molar-refractivity contribution in [1.29, 1.82) is 0 Å². The Hall–Kier alpha value is -2.10. The van der Waals surface area contributed by atoms with Crippen LogP contribution in [-0.2, 0) is 14.3 Å². The van der Waals surface area contributed by atoms with Gasteiger partial charge in [-0.3, -0.25) is 4.79 Å². The van der Waals surface area contributed by atoms with Gasteiger partial charge in [0.25, 0.3) is 0 Å². The minimum atomic E-state index is -0.830. The number of hydrogen-bond donors (Lipinski definition) is 0. The number of benzene rings is 1. The molecule has 0 radical (unpaired) electrons. The first kappa shape index (κ1) is 15.3. The van der Waals surface area contributed by atoms with Crippen LogP contribution in [0.2, 0.25) is 0 Å². The molecule has 0 bridgehead atoms. The van der Waals surface area contributed by atoms with Crippen molar-refractivity contribution in [2.75, 3.05) is 7.11 Å². The average molecular weight is 288 g/mol. The van der Waals surface area contributed by atoms with Gasteiger partial charge >= 0.3 is 5.97 Å². The third-order valence-corrected chi connectivity index (χ3v) is 3.72. The van der Waals surface area contributed by atoms with Crippen molar-refractivity contribution in [3.05, 3.63) is 47.2 Å². The molecule has 0 aromatic heterocycles. The number of carbonyl (C=O) groups excluding carboxylic acids is 2. The molecule has 4 nitrogen and oxygen atoms in total. The highest BCUT2D eigenvalue weighted by atomic mass is 16.6. The van der Waals surface area contributed by atoms with Crippen molar-refractivity contribution in [1.82, 2.24) is 0 Å². The van der Waals surface area contributed by atoms with Gasteiger partial charge in [-0.05, 0) is 31.1 Å². The molecule has 0 saturated carbocycles. The summed E-state index contributed by atoms with van der Waals surface area (Å²) in [6.07, 6.45) is -0.182. The molecule has 0 aliphatic heterocycles. The van der Waals surface area contributed by atoms with Gasteiger partial charge < -0.3 is 9.47 Å². The van der Waals surface area contributed by atoms with Gasteiger partial charge in [-0.2, -0.15) is 0 Å². The number of rotatable bonds is 3. The Balaban J connectivity index is 2.26. The second-order valence-electron chi connectivity index (χ2n) is 5.99. The van der Waals surface area contributed by atoms with E-state index in [2.05, 4.69) is 0 Å². The van der Waals surface area contributed by atoms with Crippen molar-refractivity contribution in [3.63, 3.8) is 0 Å². The predicted molar refractivity (Wildman–Crippen MR) is 78.8 cm³/mol. The van der Waals surface area contributed by atoms with Gasteiger partial charge in [0.1, 0.15) is 0 Å². The summed E-state index contributed by atoms with van der Waals surface area (Å²) in [5, 5.41) is 0. The lowest BCUT2D eigenvalue weighted by Crippen LogP contribution is -2.45. The number of methoxy groups -OCH3 is 1. The van der Waals surface area contributed by atoms with Crippen molar-refractivity contribution >= 4 is 11.8 Å². The topological polar surface area (TPSA) is 52.6 Å². The summed E-state index contributed by atoms with van der Waals surface area (Å²) in [5.74, 6) is -0.451. The first-order chi connectivity index (χ1) is 9.86. The normalized spacial score (nSPS) is 21.1. The fourth-order valence-electron chi connectivity index (χ4n) is 2.78. The SMILES string of the molecule is COC1=C(C)CC(C)(C)C(OC(=O)c2ccccc2)C1=O. The molecule has 21 heavy (non-hydrogen) atoms. The number of esters is 1. The first-order valence-electron chi connectivity index (χ1n) is 6.91. The van der Waals surface area contributed by atoms with E-state index in [4.69, 9.17) is 9.47 Å². The highest BCUT2D eigenvalue weighted by molar-refractivity contribution is 6.01. The van der Waals surface area contributed by atoms with Crippen molar-refractivity contribution in [2.45, 2.75) is 33.3 Å². The Morgan fingerprint density at radius 2 is 1.86 bits per heavy atom. The summed E-state index contributed by atoms with van der Waals surface area (Å²) in [5.41, 5.74) is 0.874. The highest BCUT2D eigenvalue weighted by Gasteiger charge is 2.45. The van der Waals surface area contributed by atoms with Crippen molar-refractivity contribution < 1.29 is 19.1 Å². The molecule has 0 fully saturated rings. The molecule has 1 aliphatic carbocycles. The molecule has 1 aromatic rings. The van der Waals surface area contributed by atoms with Gasteiger partial charge in [-0.25, -0.2) is 4.79 Å². The zero-order valence-corrected chi connectivity index (χ0v) is 12.8. The van der Waals surface area contributed by atoms with E-state index in [1.807, 2.05) is 26.8 Å². The standard InChI is InChI=1S/C17H20O4/c1-11-10-17(2,3)15(13(18)14(11)20-4)21-16(19)12-8-6-5-7-9-12/h5-9,15H,10H2,1-4H3. The summed E-state index contributed by atoms with van der Waals surface area (Å²) in [4.78, 5) is 24.7. The molecule has 1 aromatic carbocycles. The Kier molecular flexibility index (Phi) is 4.16. The van der Waals surface area contributed by atoms with Gasteiger partial charge in [-0.15, -0.1) is 0 Å². The van der Waals surface area contributed by atoms with Crippen LogP contribution in [0.25, 0.3) is 0 Å². The van der Waals surface area contributed by atoms with Crippen LogP contribution in [0.15, 0.2) is 41.7 Å². The molecule has 0 saturated heterocycles. The molecule has 1 unspecified atom stereocenters. The summed E-state index contributed by atoms with van der Waals surface area (Å²) in [6.45, 7) is 5.71. The molecule has 1 atom stereocenters.